The van der Waals surface area contributed by atoms with Crippen LogP contribution < -0.4 is 5.32 Å². The van der Waals surface area contributed by atoms with E-state index in [0.717, 1.165) is 18.5 Å². The summed E-state index contributed by atoms with van der Waals surface area (Å²) in [5.41, 5.74) is 1.55. The van der Waals surface area contributed by atoms with Crippen molar-refractivity contribution in [3.05, 3.63) is 21.9 Å². The van der Waals surface area contributed by atoms with Crippen LogP contribution >= 0.6 is 11.3 Å². The first-order valence-electron chi connectivity index (χ1n) is 7.75. The Hall–Kier alpha value is -0.380. The van der Waals surface area contributed by atoms with Crippen LogP contribution in [-0.2, 0) is 13.0 Å². The number of rotatable bonds is 6. The smallest absolute Gasteiger partial charge is 0.0330 e. The Morgan fingerprint density at radius 2 is 2.26 bits per heavy atom. The Bertz CT molecular complexity index is 375. The molecule has 1 N–H and O–H groups in total. The van der Waals surface area contributed by atoms with Crippen molar-refractivity contribution < 1.29 is 0 Å². The van der Waals surface area contributed by atoms with Crippen LogP contribution in [-0.4, -0.2) is 30.6 Å². The minimum atomic E-state index is 0.727. The van der Waals surface area contributed by atoms with Gasteiger partial charge in [-0.15, -0.1) is 11.3 Å². The second kappa shape index (κ2) is 7.41. The van der Waals surface area contributed by atoms with Crippen molar-refractivity contribution in [3.63, 3.8) is 0 Å². The number of hydrogen-bond donors (Lipinski definition) is 1. The topological polar surface area (TPSA) is 15.3 Å². The fourth-order valence-corrected chi connectivity index (χ4v) is 4.05. The molecular weight excluding hydrogens is 252 g/mol. The standard InChI is InChI=1S/C16H28N2S/c1-4-8-17-15-6-9-18(11-13(15)3)12-16-14(5-2)7-10-19-16/h7,10,13,15,17H,4-6,8-9,11-12H2,1-3H3. The number of likely N-dealkylation sites (tertiary alicyclic amines) is 1. The minimum Gasteiger partial charge on any atom is -0.314 e. The number of hydrogen-bond acceptors (Lipinski definition) is 3. The lowest BCUT2D eigenvalue weighted by Gasteiger charge is -2.37. The molecule has 2 rings (SSSR count). The minimum absolute atomic E-state index is 0.727. The highest BCUT2D eigenvalue weighted by molar-refractivity contribution is 7.10. The maximum Gasteiger partial charge on any atom is 0.0330 e. The van der Waals surface area contributed by atoms with E-state index in [-0.39, 0.29) is 0 Å². The Balaban J connectivity index is 1.84. The highest BCUT2D eigenvalue weighted by Crippen LogP contribution is 2.23. The number of nitrogens with zero attached hydrogens (tertiary/aromatic N) is 1. The van der Waals surface area contributed by atoms with Crippen LogP contribution in [0.4, 0.5) is 0 Å². The fraction of sp³-hybridized carbons (Fsp3) is 0.750. The van der Waals surface area contributed by atoms with E-state index >= 15 is 0 Å². The maximum atomic E-state index is 3.70. The predicted octanol–water partition coefficient (Wildman–Crippen LogP) is 3.52. The maximum absolute atomic E-state index is 3.70. The molecule has 0 aliphatic carbocycles. The van der Waals surface area contributed by atoms with Crippen LogP contribution in [0.15, 0.2) is 11.4 Å². The summed E-state index contributed by atoms with van der Waals surface area (Å²) in [6.45, 7) is 11.7. The van der Waals surface area contributed by atoms with Gasteiger partial charge in [0.05, 0.1) is 0 Å². The molecular formula is C16H28N2S. The molecule has 1 aromatic heterocycles. The summed E-state index contributed by atoms with van der Waals surface area (Å²) < 4.78 is 0. The van der Waals surface area contributed by atoms with Crippen molar-refractivity contribution in [2.45, 2.75) is 52.6 Å². The van der Waals surface area contributed by atoms with Gasteiger partial charge in [0.1, 0.15) is 0 Å². The average Bonchev–Trinajstić information content (AvgIpc) is 2.85. The number of aryl methyl sites for hydroxylation is 1. The summed E-state index contributed by atoms with van der Waals surface area (Å²) in [4.78, 5) is 4.22. The highest BCUT2D eigenvalue weighted by Gasteiger charge is 2.25. The molecule has 2 heterocycles. The molecule has 1 saturated heterocycles. The largest absolute Gasteiger partial charge is 0.314 e. The Labute approximate surface area is 122 Å². The van der Waals surface area contributed by atoms with Crippen LogP contribution in [0.1, 0.15) is 44.1 Å². The van der Waals surface area contributed by atoms with E-state index < -0.39 is 0 Å². The fourth-order valence-electron chi connectivity index (χ4n) is 3.03. The Morgan fingerprint density at radius 1 is 1.42 bits per heavy atom. The van der Waals surface area contributed by atoms with E-state index in [2.05, 4.69) is 42.4 Å². The summed E-state index contributed by atoms with van der Waals surface area (Å²) in [5, 5.41) is 5.94. The van der Waals surface area contributed by atoms with E-state index in [0.29, 0.717) is 0 Å². The van der Waals surface area contributed by atoms with Crippen molar-refractivity contribution in [2.75, 3.05) is 19.6 Å². The van der Waals surface area contributed by atoms with E-state index in [9.17, 15) is 0 Å². The first kappa shape index (κ1) is 15.0. The molecule has 0 bridgehead atoms. The van der Waals surface area contributed by atoms with Crippen LogP contribution in [0.2, 0.25) is 0 Å². The SMILES string of the molecule is CCCNC1CCN(Cc2sccc2CC)CC1C. The molecule has 0 saturated carbocycles. The molecule has 19 heavy (non-hydrogen) atoms. The van der Waals surface area contributed by atoms with Gasteiger partial charge < -0.3 is 5.32 Å². The van der Waals surface area contributed by atoms with Gasteiger partial charge in [-0.1, -0.05) is 20.8 Å². The quantitative estimate of drug-likeness (QED) is 0.857. The van der Waals surface area contributed by atoms with Crippen LogP contribution in [0, 0.1) is 5.92 Å². The number of thiophene rings is 1. The first-order valence-corrected chi connectivity index (χ1v) is 8.63. The molecule has 1 aliphatic rings. The Kier molecular flexibility index (Phi) is 5.86. The molecule has 3 heteroatoms. The second-order valence-electron chi connectivity index (χ2n) is 5.78. The molecule has 2 nitrogen and oxygen atoms in total. The molecule has 2 unspecified atom stereocenters. The van der Waals surface area contributed by atoms with Crippen molar-refractivity contribution >= 4 is 11.3 Å². The molecule has 0 radical (unpaired) electrons. The van der Waals surface area contributed by atoms with Crippen molar-refractivity contribution in [3.8, 4) is 0 Å². The zero-order valence-corrected chi connectivity index (χ0v) is 13.4. The van der Waals surface area contributed by atoms with Gasteiger partial charge in [0.25, 0.3) is 0 Å². The third-order valence-electron chi connectivity index (χ3n) is 4.23. The van der Waals surface area contributed by atoms with Gasteiger partial charge in [-0.2, -0.15) is 0 Å². The van der Waals surface area contributed by atoms with Crippen molar-refractivity contribution in [1.29, 1.82) is 0 Å². The van der Waals surface area contributed by atoms with Crippen LogP contribution in [0.5, 0.6) is 0 Å². The van der Waals surface area contributed by atoms with Gasteiger partial charge in [0, 0.05) is 30.6 Å². The van der Waals surface area contributed by atoms with Crippen LogP contribution in [0.25, 0.3) is 0 Å². The van der Waals surface area contributed by atoms with E-state index in [1.54, 1.807) is 10.4 Å². The van der Waals surface area contributed by atoms with E-state index in [4.69, 9.17) is 0 Å². The monoisotopic (exact) mass is 280 g/mol. The third-order valence-corrected chi connectivity index (χ3v) is 5.18. The normalized spacial score (nSPS) is 24.8. The average molecular weight is 280 g/mol. The molecule has 1 aliphatic heterocycles. The summed E-state index contributed by atoms with van der Waals surface area (Å²) in [6, 6.07) is 3.02. The molecule has 108 valence electrons. The van der Waals surface area contributed by atoms with Crippen LogP contribution in [0.3, 0.4) is 0 Å². The van der Waals surface area contributed by atoms with Gasteiger partial charge >= 0.3 is 0 Å². The lowest BCUT2D eigenvalue weighted by atomic mass is 9.93. The van der Waals surface area contributed by atoms with Crippen molar-refractivity contribution in [2.24, 2.45) is 5.92 Å². The van der Waals surface area contributed by atoms with Gasteiger partial charge in [-0.05, 0) is 48.7 Å². The number of piperidine rings is 1. The lowest BCUT2D eigenvalue weighted by Crippen LogP contribution is -2.48. The van der Waals surface area contributed by atoms with E-state index in [1.165, 1.54) is 38.9 Å². The van der Waals surface area contributed by atoms with Gasteiger partial charge in [0.15, 0.2) is 0 Å². The third kappa shape index (κ3) is 4.04. The Morgan fingerprint density at radius 3 is 2.95 bits per heavy atom. The van der Waals surface area contributed by atoms with Gasteiger partial charge in [-0.25, -0.2) is 0 Å². The predicted molar refractivity (Wildman–Crippen MR) is 84.8 cm³/mol. The molecule has 1 aromatic rings. The molecule has 0 aromatic carbocycles. The summed E-state index contributed by atoms with van der Waals surface area (Å²) in [5.74, 6) is 0.769. The first-order chi connectivity index (χ1) is 9.24. The summed E-state index contributed by atoms with van der Waals surface area (Å²) in [7, 11) is 0. The zero-order valence-electron chi connectivity index (χ0n) is 12.6. The van der Waals surface area contributed by atoms with Gasteiger partial charge in [-0.3, -0.25) is 4.90 Å². The lowest BCUT2D eigenvalue weighted by molar-refractivity contribution is 0.142. The summed E-state index contributed by atoms with van der Waals surface area (Å²) in [6.07, 6.45) is 3.71. The summed E-state index contributed by atoms with van der Waals surface area (Å²) >= 11 is 1.93. The molecule has 1 fully saturated rings. The van der Waals surface area contributed by atoms with Gasteiger partial charge in [0.2, 0.25) is 0 Å². The zero-order chi connectivity index (χ0) is 13.7. The second-order valence-corrected chi connectivity index (χ2v) is 6.78. The molecule has 0 amide bonds. The molecule has 2 atom stereocenters. The molecule has 0 spiro atoms. The highest BCUT2D eigenvalue weighted by atomic mass is 32.1. The van der Waals surface area contributed by atoms with E-state index in [1.807, 2.05) is 11.3 Å². The van der Waals surface area contributed by atoms with Crippen molar-refractivity contribution in [1.82, 2.24) is 10.2 Å². The number of nitrogens with one attached hydrogen (secondary N) is 1.